The van der Waals surface area contributed by atoms with Crippen LogP contribution in [0.3, 0.4) is 0 Å². The van der Waals surface area contributed by atoms with Crippen molar-refractivity contribution >= 4 is 39.4 Å². The number of hydrogen-bond donors (Lipinski definition) is 5. The number of nitrogens with one attached hydrogen (secondary N) is 4. The molecule has 17 heteroatoms. The number of rotatable bonds is 21. The summed E-state index contributed by atoms with van der Waals surface area (Å²) in [7, 11) is -3.47. The summed E-state index contributed by atoms with van der Waals surface area (Å²) in [5.74, 6) is 4.11. The van der Waals surface area contributed by atoms with Crippen LogP contribution in [0.5, 0.6) is 0 Å². The molecular weight excluding hydrogens is 658 g/mol. The molecule has 0 aliphatic carbocycles. The molecule has 0 bridgehead atoms. The van der Waals surface area contributed by atoms with Crippen molar-refractivity contribution in [2.24, 2.45) is 17.1 Å². The molecular formula is C32H51N7O9S. The molecule has 0 radical (unpaired) electrons. The van der Waals surface area contributed by atoms with Gasteiger partial charge in [-0.25, -0.2) is 23.2 Å². The fourth-order valence-electron chi connectivity index (χ4n) is 4.13. The lowest BCUT2D eigenvalue weighted by Gasteiger charge is -2.28. The van der Waals surface area contributed by atoms with Crippen LogP contribution >= 0.6 is 0 Å². The molecule has 0 saturated carbocycles. The molecule has 49 heavy (non-hydrogen) atoms. The molecule has 2 atom stereocenters. The van der Waals surface area contributed by atoms with Crippen LogP contribution in [0.15, 0.2) is 17.6 Å². The van der Waals surface area contributed by atoms with Crippen LogP contribution in [0.2, 0.25) is 0 Å². The Labute approximate surface area is 288 Å². The van der Waals surface area contributed by atoms with Crippen LogP contribution in [-0.2, 0) is 38.5 Å². The number of unbranched alkanes of at least 4 members (excludes halogenated alkanes) is 1. The number of ketones is 1. The second-order valence-corrected chi connectivity index (χ2v) is 14.5. The maximum absolute atomic E-state index is 13.1. The van der Waals surface area contributed by atoms with Crippen LogP contribution in [0, 0.1) is 23.2 Å². The zero-order chi connectivity index (χ0) is 37.0. The number of carbonyl (C=O) groups is 5. The van der Waals surface area contributed by atoms with Gasteiger partial charge in [-0.2, -0.15) is 0 Å². The average Bonchev–Trinajstić information content (AvgIpc) is 3.01. The number of Topliss-reactive ketones (excluding diaryl/α,β-unsaturated/α-hetero) is 1. The number of carbonyl (C=O) groups excluding carboxylic acids is 5. The minimum Gasteiger partial charge on any atom is -0.377 e. The van der Waals surface area contributed by atoms with Gasteiger partial charge in [0.15, 0.2) is 5.78 Å². The van der Waals surface area contributed by atoms with Gasteiger partial charge in [0, 0.05) is 50.0 Å². The normalized spacial score (nSPS) is 12.6. The fourth-order valence-corrected chi connectivity index (χ4v) is 4.62. The van der Waals surface area contributed by atoms with Crippen molar-refractivity contribution in [1.29, 1.82) is 0 Å². The van der Waals surface area contributed by atoms with E-state index in [4.69, 9.17) is 15.2 Å². The first-order chi connectivity index (χ1) is 22.9. The summed E-state index contributed by atoms with van der Waals surface area (Å²) in [5.41, 5.74) is 4.84. The topological polar surface area (TPSA) is 238 Å². The van der Waals surface area contributed by atoms with Gasteiger partial charge in [0.1, 0.15) is 12.6 Å². The summed E-state index contributed by atoms with van der Waals surface area (Å²) in [6, 6.07) is -2.39. The smallest absolute Gasteiger partial charge is 0.312 e. The third kappa shape index (κ3) is 18.8. The van der Waals surface area contributed by atoms with Crippen molar-refractivity contribution in [3.63, 3.8) is 0 Å². The molecule has 6 N–H and O–H groups in total. The summed E-state index contributed by atoms with van der Waals surface area (Å²) in [6.45, 7) is 9.58. The van der Waals surface area contributed by atoms with Crippen LogP contribution in [0.1, 0.15) is 72.3 Å². The predicted molar refractivity (Wildman–Crippen MR) is 180 cm³/mol. The Kier molecular flexibility index (Phi) is 19.0. The molecule has 1 heterocycles. The first-order valence-corrected chi connectivity index (χ1v) is 17.9. The number of hydrogen-bond acceptors (Lipinski definition) is 11. The molecule has 0 saturated heterocycles. The summed E-state index contributed by atoms with van der Waals surface area (Å²) < 4.78 is 33.6. The Morgan fingerprint density at radius 2 is 1.57 bits per heavy atom. The molecule has 1 rings (SSSR count). The predicted octanol–water partition coefficient (Wildman–Crippen LogP) is 0.241. The molecule has 0 aromatic carbocycles. The number of sulfone groups is 1. The Hall–Kier alpha value is -4.14. The number of aromatic nitrogens is 2. The summed E-state index contributed by atoms with van der Waals surface area (Å²) in [5, 5.41) is 10.4. The number of amides is 5. The molecule has 16 nitrogen and oxygen atoms in total. The van der Waals surface area contributed by atoms with E-state index in [9.17, 15) is 32.4 Å². The highest BCUT2D eigenvalue weighted by atomic mass is 32.2. The minimum absolute atomic E-state index is 0.113. The molecule has 0 aliphatic heterocycles. The van der Waals surface area contributed by atoms with Gasteiger partial charge in [-0.3, -0.25) is 19.2 Å². The van der Waals surface area contributed by atoms with Crippen molar-refractivity contribution < 1.29 is 41.9 Å². The quantitative estimate of drug-likeness (QED) is 0.0658. The van der Waals surface area contributed by atoms with Crippen LogP contribution in [0.25, 0.3) is 0 Å². The first kappa shape index (κ1) is 42.9. The molecule has 5 amide bonds. The lowest BCUT2D eigenvalue weighted by molar-refractivity contribution is -0.136. The lowest BCUT2D eigenvalue weighted by Crippen LogP contribution is -2.55. The van der Waals surface area contributed by atoms with Crippen molar-refractivity contribution in [2.45, 2.75) is 84.0 Å². The minimum atomic E-state index is -3.47. The van der Waals surface area contributed by atoms with Crippen LogP contribution in [-0.4, -0.2) is 106 Å². The molecule has 1 aromatic heterocycles. The second kappa shape index (κ2) is 21.8. The third-order valence-corrected chi connectivity index (χ3v) is 7.55. The van der Waals surface area contributed by atoms with Crippen molar-refractivity contribution in [1.82, 2.24) is 31.2 Å². The zero-order valence-corrected chi connectivity index (χ0v) is 30.0. The first-order valence-electron chi connectivity index (χ1n) is 16.0. The van der Waals surface area contributed by atoms with Crippen LogP contribution < -0.4 is 27.0 Å². The number of nitrogens with two attached hydrogens (primary N) is 1. The van der Waals surface area contributed by atoms with Gasteiger partial charge in [-0.1, -0.05) is 46.5 Å². The van der Waals surface area contributed by atoms with E-state index in [0.29, 0.717) is 31.4 Å². The number of urea groups is 1. The SMILES string of the molecule is CC(C)[C@H](NC(=O)COCCOCCNC(=O)CCCC#Cc1cnc(S(C)(=O)=O)nc1)C(=O)N[C@@H](CCCNC(N)=O)C(=O)C(C)(C)C. The molecule has 0 aliphatic rings. The second-order valence-electron chi connectivity index (χ2n) is 12.6. The zero-order valence-electron chi connectivity index (χ0n) is 29.2. The standard InChI is InChI=1S/C32H51N7O9S/c1-22(2)27(29(43)38-24(28(42)32(3,4)5)12-10-14-35-30(33)44)39-26(41)21-48-18-17-47-16-15-34-25(40)13-9-7-8-11-23-19-36-31(37-20-23)49(6,45)46/h19-20,22,24,27H,7,9-10,12-18,21H2,1-6H3,(H,34,40)(H,38,43)(H,39,41)(H3,33,35,44)/t24-,27-/m0/s1. The molecule has 1 aromatic rings. The van der Waals surface area contributed by atoms with Gasteiger partial charge >= 0.3 is 6.03 Å². The number of primary amides is 1. The molecule has 0 spiro atoms. The van der Waals surface area contributed by atoms with Crippen LogP contribution in [0.4, 0.5) is 4.79 Å². The Morgan fingerprint density at radius 3 is 2.16 bits per heavy atom. The maximum Gasteiger partial charge on any atom is 0.312 e. The maximum atomic E-state index is 13.1. The van der Waals surface area contributed by atoms with E-state index in [0.717, 1.165) is 6.26 Å². The molecule has 0 fully saturated rings. The Bertz CT molecular complexity index is 1420. The Balaban J connectivity index is 2.31. The van der Waals surface area contributed by atoms with E-state index in [1.165, 1.54) is 12.4 Å². The third-order valence-electron chi connectivity index (χ3n) is 6.68. The van der Waals surface area contributed by atoms with Gasteiger partial charge in [0.2, 0.25) is 32.7 Å². The largest absolute Gasteiger partial charge is 0.377 e. The van der Waals surface area contributed by atoms with Gasteiger partial charge in [-0.05, 0) is 25.2 Å². The summed E-state index contributed by atoms with van der Waals surface area (Å²) >= 11 is 0. The average molecular weight is 710 g/mol. The van der Waals surface area contributed by atoms with Gasteiger partial charge in [-0.15, -0.1) is 0 Å². The van der Waals surface area contributed by atoms with Crippen molar-refractivity contribution in [3.8, 4) is 11.8 Å². The lowest BCUT2D eigenvalue weighted by atomic mass is 9.84. The van der Waals surface area contributed by atoms with Gasteiger partial charge in [0.25, 0.3) is 0 Å². The highest BCUT2D eigenvalue weighted by Gasteiger charge is 2.33. The number of ether oxygens (including phenoxy) is 2. The summed E-state index contributed by atoms with van der Waals surface area (Å²) in [6.07, 6.45) is 5.65. The van der Waals surface area contributed by atoms with Gasteiger partial charge < -0.3 is 36.5 Å². The van der Waals surface area contributed by atoms with E-state index in [2.05, 4.69) is 43.1 Å². The van der Waals surface area contributed by atoms with E-state index in [1.807, 2.05) is 0 Å². The van der Waals surface area contributed by atoms with E-state index in [-0.39, 0.29) is 68.6 Å². The highest BCUT2D eigenvalue weighted by Crippen LogP contribution is 2.19. The monoisotopic (exact) mass is 709 g/mol. The van der Waals surface area contributed by atoms with Crippen molar-refractivity contribution in [2.75, 3.05) is 45.8 Å². The molecule has 274 valence electrons. The molecule has 0 unspecified atom stereocenters. The highest BCUT2D eigenvalue weighted by molar-refractivity contribution is 7.90. The van der Waals surface area contributed by atoms with E-state index in [1.54, 1.807) is 34.6 Å². The number of nitrogens with zero attached hydrogens (tertiary/aromatic N) is 2. The van der Waals surface area contributed by atoms with Crippen molar-refractivity contribution in [3.05, 3.63) is 18.0 Å². The fraction of sp³-hybridized carbons (Fsp3) is 0.656. The van der Waals surface area contributed by atoms with E-state index < -0.39 is 45.2 Å². The Morgan fingerprint density at radius 1 is 0.918 bits per heavy atom. The van der Waals surface area contributed by atoms with E-state index >= 15 is 0 Å². The summed E-state index contributed by atoms with van der Waals surface area (Å²) in [4.78, 5) is 69.1. The van der Waals surface area contributed by atoms with Gasteiger partial charge in [0.05, 0.1) is 31.4 Å².